The summed E-state index contributed by atoms with van der Waals surface area (Å²) in [6, 6.07) is 4.90. The maximum atomic E-state index is 11.6. The van der Waals surface area contributed by atoms with Crippen LogP contribution in [0.15, 0.2) is 18.2 Å². The van der Waals surface area contributed by atoms with Gasteiger partial charge in [0.1, 0.15) is 17.9 Å². The second-order valence-electron chi connectivity index (χ2n) is 4.33. The molecule has 0 saturated carbocycles. The van der Waals surface area contributed by atoms with Gasteiger partial charge in [-0.2, -0.15) is 0 Å². The van der Waals surface area contributed by atoms with Crippen molar-refractivity contribution in [3.05, 3.63) is 23.8 Å². The highest BCUT2D eigenvalue weighted by atomic mass is 16.5. The first-order valence-corrected chi connectivity index (χ1v) is 5.75. The largest absolute Gasteiger partial charge is 0.490 e. The Hall–Kier alpha value is -1.75. The number of esters is 1. The number of carbonyl (C=O) groups is 1. The monoisotopic (exact) mass is 253 g/mol. The second kappa shape index (κ2) is 6.26. The van der Waals surface area contributed by atoms with Gasteiger partial charge in [0.05, 0.1) is 13.2 Å². The number of ether oxygens (including phenoxy) is 2. The van der Waals surface area contributed by atoms with Gasteiger partial charge in [0.25, 0.3) is 0 Å². The van der Waals surface area contributed by atoms with E-state index in [9.17, 15) is 9.90 Å². The lowest BCUT2D eigenvalue weighted by molar-refractivity contribution is 0.0570. The Balaban J connectivity index is 2.88. The van der Waals surface area contributed by atoms with Crippen LogP contribution in [-0.2, 0) is 4.74 Å². The van der Waals surface area contributed by atoms with Crippen molar-refractivity contribution in [3.63, 3.8) is 0 Å². The van der Waals surface area contributed by atoms with Gasteiger partial charge in [-0.1, -0.05) is 19.9 Å². The van der Waals surface area contributed by atoms with E-state index in [1.807, 2.05) is 13.8 Å². The fraction of sp³-hybridized carbons (Fsp3) is 0.462. The summed E-state index contributed by atoms with van der Waals surface area (Å²) in [5.74, 6) is -0.156. The Morgan fingerprint density at radius 2 is 2.11 bits per heavy atom. The van der Waals surface area contributed by atoms with Crippen molar-refractivity contribution in [3.8, 4) is 5.75 Å². The number of aliphatic hydroxyl groups excluding tert-OH is 1. The lowest BCUT2D eigenvalue weighted by Gasteiger charge is -2.17. The van der Waals surface area contributed by atoms with Crippen LogP contribution < -0.4 is 10.5 Å². The molecule has 0 aliphatic heterocycles. The molecule has 0 aliphatic rings. The Morgan fingerprint density at radius 1 is 1.44 bits per heavy atom. The van der Waals surface area contributed by atoms with Crippen LogP contribution in [0.3, 0.4) is 0 Å². The molecule has 100 valence electrons. The molecule has 0 saturated heterocycles. The number of hydrogen-bond donors (Lipinski definition) is 2. The molecule has 18 heavy (non-hydrogen) atoms. The highest BCUT2D eigenvalue weighted by molar-refractivity contribution is 5.98. The number of nitrogen functional groups attached to an aromatic ring is 1. The summed E-state index contributed by atoms with van der Waals surface area (Å²) in [7, 11) is 1.28. The minimum atomic E-state index is -0.600. The maximum absolute atomic E-state index is 11.6. The summed E-state index contributed by atoms with van der Waals surface area (Å²) in [4.78, 5) is 11.6. The van der Waals surface area contributed by atoms with Crippen LogP contribution in [0.4, 0.5) is 5.69 Å². The van der Waals surface area contributed by atoms with Crippen molar-refractivity contribution >= 4 is 11.7 Å². The molecule has 0 aromatic heterocycles. The van der Waals surface area contributed by atoms with Gasteiger partial charge in [-0.25, -0.2) is 4.79 Å². The lowest BCUT2D eigenvalue weighted by atomic mass is 10.1. The third kappa shape index (κ3) is 3.37. The number of benzene rings is 1. The molecule has 3 N–H and O–H groups in total. The summed E-state index contributed by atoms with van der Waals surface area (Å²) in [5, 5.41) is 9.67. The van der Waals surface area contributed by atoms with Gasteiger partial charge >= 0.3 is 5.97 Å². The van der Waals surface area contributed by atoms with E-state index >= 15 is 0 Å². The molecule has 1 aromatic rings. The van der Waals surface area contributed by atoms with Gasteiger partial charge in [0, 0.05) is 5.69 Å². The van der Waals surface area contributed by atoms with Crippen molar-refractivity contribution in [2.75, 3.05) is 19.5 Å². The first-order valence-electron chi connectivity index (χ1n) is 5.75. The van der Waals surface area contributed by atoms with Crippen molar-refractivity contribution in [1.82, 2.24) is 0 Å². The van der Waals surface area contributed by atoms with Crippen molar-refractivity contribution in [2.24, 2.45) is 5.92 Å². The lowest BCUT2D eigenvalue weighted by Crippen LogP contribution is -2.24. The normalized spacial score (nSPS) is 12.3. The summed E-state index contributed by atoms with van der Waals surface area (Å²) >= 11 is 0. The SMILES string of the molecule is COC(=O)c1c(N)cccc1OCC(O)C(C)C. The minimum Gasteiger partial charge on any atom is -0.490 e. The molecule has 1 atom stereocenters. The van der Waals surface area contributed by atoms with Crippen LogP contribution in [0, 0.1) is 5.92 Å². The molecule has 0 amide bonds. The molecule has 1 aromatic carbocycles. The zero-order valence-electron chi connectivity index (χ0n) is 10.8. The molecule has 0 radical (unpaired) electrons. The van der Waals surface area contributed by atoms with Gasteiger partial charge in [0.15, 0.2) is 0 Å². The smallest absolute Gasteiger partial charge is 0.343 e. The van der Waals surface area contributed by atoms with E-state index in [4.69, 9.17) is 10.5 Å². The number of nitrogens with two attached hydrogens (primary N) is 1. The molecule has 5 heteroatoms. The third-order valence-corrected chi connectivity index (χ3v) is 2.63. The zero-order chi connectivity index (χ0) is 13.7. The fourth-order valence-corrected chi connectivity index (χ4v) is 1.36. The predicted molar refractivity (Wildman–Crippen MR) is 68.5 cm³/mol. The number of methoxy groups -OCH3 is 1. The highest BCUT2D eigenvalue weighted by Gasteiger charge is 2.18. The first-order chi connectivity index (χ1) is 8.47. The Bertz CT molecular complexity index is 417. The van der Waals surface area contributed by atoms with Crippen LogP contribution in [0.25, 0.3) is 0 Å². The van der Waals surface area contributed by atoms with Crippen LogP contribution in [-0.4, -0.2) is 30.9 Å². The second-order valence-corrected chi connectivity index (χ2v) is 4.33. The molecule has 1 rings (SSSR count). The molecule has 0 aliphatic carbocycles. The van der Waals surface area contributed by atoms with Crippen molar-refractivity contribution < 1.29 is 19.4 Å². The number of aliphatic hydroxyl groups is 1. The van der Waals surface area contributed by atoms with Crippen LogP contribution in [0.5, 0.6) is 5.75 Å². The Kier molecular flexibility index (Phi) is 4.97. The first kappa shape index (κ1) is 14.3. The van der Waals surface area contributed by atoms with E-state index in [1.165, 1.54) is 7.11 Å². The van der Waals surface area contributed by atoms with Gasteiger partial charge < -0.3 is 20.3 Å². The average molecular weight is 253 g/mol. The molecule has 0 bridgehead atoms. The molecular weight excluding hydrogens is 234 g/mol. The van der Waals surface area contributed by atoms with E-state index in [0.717, 1.165) is 0 Å². The van der Waals surface area contributed by atoms with Crippen LogP contribution in [0.2, 0.25) is 0 Å². The Morgan fingerprint density at radius 3 is 2.67 bits per heavy atom. The van der Waals surface area contributed by atoms with Gasteiger partial charge in [0.2, 0.25) is 0 Å². The van der Waals surface area contributed by atoms with E-state index in [2.05, 4.69) is 4.74 Å². The van der Waals surface area contributed by atoms with Gasteiger partial charge in [-0.3, -0.25) is 0 Å². The predicted octanol–water partition coefficient (Wildman–Crippen LogP) is 1.45. The maximum Gasteiger partial charge on any atom is 0.343 e. The fourth-order valence-electron chi connectivity index (χ4n) is 1.36. The molecular formula is C13H19NO4. The molecule has 0 fully saturated rings. The number of rotatable bonds is 5. The van der Waals surface area contributed by atoms with Crippen LogP contribution >= 0.6 is 0 Å². The molecule has 5 nitrogen and oxygen atoms in total. The molecule has 0 spiro atoms. The van der Waals surface area contributed by atoms with Crippen LogP contribution in [0.1, 0.15) is 24.2 Å². The summed E-state index contributed by atoms with van der Waals surface area (Å²) in [6.07, 6.45) is -0.600. The van der Waals surface area contributed by atoms with E-state index in [0.29, 0.717) is 11.4 Å². The number of hydrogen-bond acceptors (Lipinski definition) is 5. The third-order valence-electron chi connectivity index (χ3n) is 2.63. The van der Waals surface area contributed by atoms with Gasteiger partial charge in [-0.15, -0.1) is 0 Å². The summed E-state index contributed by atoms with van der Waals surface area (Å²) in [5.41, 5.74) is 6.20. The van der Waals surface area contributed by atoms with Crippen molar-refractivity contribution in [2.45, 2.75) is 20.0 Å². The average Bonchev–Trinajstić information content (AvgIpc) is 2.34. The highest BCUT2D eigenvalue weighted by Crippen LogP contribution is 2.25. The number of carbonyl (C=O) groups excluding carboxylic acids is 1. The summed E-state index contributed by atoms with van der Waals surface area (Å²) < 4.78 is 10.1. The summed E-state index contributed by atoms with van der Waals surface area (Å²) in [6.45, 7) is 3.87. The molecule has 1 unspecified atom stereocenters. The zero-order valence-corrected chi connectivity index (χ0v) is 10.8. The van der Waals surface area contributed by atoms with E-state index < -0.39 is 12.1 Å². The van der Waals surface area contributed by atoms with E-state index in [-0.39, 0.29) is 18.1 Å². The van der Waals surface area contributed by atoms with Gasteiger partial charge in [-0.05, 0) is 18.1 Å². The minimum absolute atomic E-state index is 0.0765. The van der Waals surface area contributed by atoms with E-state index in [1.54, 1.807) is 18.2 Å². The topological polar surface area (TPSA) is 81.8 Å². The molecule has 0 heterocycles. The Labute approximate surface area is 107 Å². The standard InChI is InChI=1S/C13H19NO4/c1-8(2)10(15)7-18-11-6-4-5-9(14)12(11)13(16)17-3/h4-6,8,10,15H,7,14H2,1-3H3. The quantitative estimate of drug-likeness (QED) is 0.613. The van der Waals surface area contributed by atoms with Crippen molar-refractivity contribution in [1.29, 1.82) is 0 Å². The number of anilines is 1.